The van der Waals surface area contributed by atoms with E-state index in [1.165, 1.54) is 10.8 Å². The predicted octanol–water partition coefficient (Wildman–Crippen LogP) is 3.78. The first kappa shape index (κ1) is 22.8. The van der Waals surface area contributed by atoms with E-state index in [1.54, 1.807) is 24.4 Å². The van der Waals surface area contributed by atoms with E-state index in [1.807, 2.05) is 12.1 Å². The van der Waals surface area contributed by atoms with Gasteiger partial charge in [0.1, 0.15) is 11.7 Å². The van der Waals surface area contributed by atoms with Crippen molar-refractivity contribution in [3.8, 4) is 0 Å². The third-order valence-electron chi connectivity index (χ3n) is 3.57. The Balaban J connectivity index is 1.94. The highest BCUT2D eigenvalue weighted by Crippen LogP contribution is 2.22. The zero-order valence-corrected chi connectivity index (χ0v) is 16.6. The van der Waals surface area contributed by atoms with Gasteiger partial charge >= 0.3 is 12.1 Å². The molecule has 2 aromatic rings. The second kappa shape index (κ2) is 9.80. The normalized spacial score (nSPS) is 11.7. The Morgan fingerprint density at radius 3 is 2.52 bits per heavy atom. The van der Waals surface area contributed by atoms with E-state index in [9.17, 15) is 22.8 Å². The number of ether oxygens (including phenoxy) is 1. The van der Waals surface area contributed by atoms with Crippen LogP contribution < -0.4 is 5.32 Å². The standard InChI is InChI=1S/C18H16Cl2F3N3O3/c1-11-14(6-7-16(28)29-9-15(27)24-10-18(21,22)23)17(20)26(25-11)8-12-2-4-13(19)5-3-12/h2-7H,8-10H2,1H3,(H,24,27)/b7-6+. The molecule has 1 N–H and O–H groups in total. The summed E-state index contributed by atoms with van der Waals surface area (Å²) in [6.45, 7) is -0.253. The maximum Gasteiger partial charge on any atom is 0.405 e. The van der Waals surface area contributed by atoms with Gasteiger partial charge in [-0.1, -0.05) is 35.3 Å². The fourth-order valence-electron chi connectivity index (χ4n) is 2.21. The molecule has 0 bridgehead atoms. The van der Waals surface area contributed by atoms with Crippen LogP contribution in [0.4, 0.5) is 13.2 Å². The zero-order chi connectivity index (χ0) is 21.6. The molecule has 11 heteroatoms. The van der Waals surface area contributed by atoms with Gasteiger partial charge in [0.2, 0.25) is 0 Å². The number of aryl methyl sites for hydroxylation is 1. The number of benzene rings is 1. The molecule has 1 aromatic carbocycles. The lowest BCUT2D eigenvalue weighted by Gasteiger charge is -2.07. The van der Waals surface area contributed by atoms with E-state index in [-0.39, 0.29) is 5.15 Å². The molecule has 1 heterocycles. The highest BCUT2D eigenvalue weighted by atomic mass is 35.5. The molecule has 29 heavy (non-hydrogen) atoms. The van der Waals surface area contributed by atoms with Gasteiger partial charge in [-0.25, -0.2) is 9.48 Å². The van der Waals surface area contributed by atoms with Crippen LogP contribution in [0.15, 0.2) is 30.3 Å². The Morgan fingerprint density at radius 1 is 1.24 bits per heavy atom. The van der Waals surface area contributed by atoms with Crippen LogP contribution in [0.5, 0.6) is 0 Å². The summed E-state index contributed by atoms with van der Waals surface area (Å²) in [6, 6.07) is 7.13. The fourth-order valence-corrected chi connectivity index (χ4v) is 2.63. The number of nitrogens with zero attached hydrogens (tertiary/aromatic N) is 2. The van der Waals surface area contributed by atoms with Crippen molar-refractivity contribution < 1.29 is 27.5 Å². The number of nitrogens with one attached hydrogen (secondary N) is 1. The molecule has 156 valence electrons. The van der Waals surface area contributed by atoms with E-state index < -0.39 is 31.2 Å². The highest BCUT2D eigenvalue weighted by Gasteiger charge is 2.27. The number of amides is 1. The van der Waals surface area contributed by atoms with Crippen molar-refractivity contribution in [3.05, 3.63) is 57.3 Å². The molecule has 6 nitrogen and oxygen atoms in total. The maximum atomic E-state index is 12.0. The molecule has 0 saturated carbocycles. The summed E-state index contributed by atoms with van der Waals surface area (Å²) in [6.07, 6.45) is -2.17. The molecule has 0 spiro atoms. The molecule has 0 fully saturated rings. The van der Waals surface area contributed by atoms with Gasteiger partial charge in [0.25, 0.3) is 5.91 Å². The van der Waals surface area contributed by atoms with Crippen molar-refractivity contribution in [1.82, 2.24) is 15.1 Å². The molecule has 0 atom stereocenters. The first-order valence-electron chi connectivity index (χ1n) is 8.21. The van der Waals surface area contributed by atoms with Crippen LogP contribution in [0.25, 0.3) is 6.08 Å². The number of halogens is 5. The summed E-state index contributed by atoms with van der Waals surface area (Å²) < 4.78 is 42.1. The summed E-state index contributed by atoms with van der Waals surface area (Å²) in [4.78, 5) is 22.9. The first-order valence-corrected chi connectivity index (χ1v) is 8.96. The minimum absolute atomic E-state index is 0.282. The molecular formula is C18H16Cl2F3N3O3. The summed E-state index contributed by atoms with van der Waals surface area (Å²) in [5, 5.41) is 6.78. The van der Waals surface area contributed by atoms with Crippen molar-refractivity contribution in [2.75, 3.05) is 13.2 Å². The van der Waals surface area contributed by atoms with Crippen molar-refractivity contribution in [1.29, 1.82) is 0 Å². The third kappa shape index (κ3) is 7.43. The van der Waals surface area contributed by atoms with E-state index >= 15 is 0 Å². The fraction of sp³-hybridized carbons (Fsp3) is 0.278. The average Bonchev–Trinajstić information content (AvgIpc) is 2.91. The Labute approximate surface area is 174 Å². The van der Waals surface area contributed by atoms with Crippen LogP contribution in [0.2, 0.25) is 10.2 Å². The van der Waals surface area contributed by atoms with E-state index in [0.29, 0.717) is 22.8 Å². The highest BCUT2D eigenvalue weighted by molar-refractivity contribution is 6.31. The van der Waals surface area contributed by atoms with Gasteiger partial charge in [0.05, 0.1) is 12.2 Å². The van der Waals surface area contributed by atoms with Crippen molar-refractivity contribution >= 4 is 41.2 Å². The van der Waals surface area contributed by atoms with Gasteiger partial charge in [-0.05, 0) is 30.7 Å². The molecule has 1 aromatic heterocycles. The molecule has 1 amide bonds. The minimum Gasteiger partial charge on any atom is -0.452 e. The van der Waals surface area contributed by atoms with Crippen LogP contribution >= 0.6 is 23.2 Å². The SMILES string of the molecule is Cc1nn(Cc2ccc(Cl)cc2)c(Cl)c1/C=C/C(=O)OCC(=O)NCC(F)(F)F. The topological polar surface area (TPSA) is 73.2 Å². The minimum atomic E-state index is -4.54. The Bertz CT molecular complexity index is 910. The second-order valence-corrected chi connectivity index (χ2v) is 6.70. The Morgan fingerprint density at radius 2 is 1.90 bits per heavy atom. The largest absolute Gasteiger partial charge is 0.452 e. The smallest absolute Gasteiger partial charge is 0.405 e. The van der Waals surface area contributed by atoms with Crippen molar-refractivity contribution in [2.45, 2.75) is 19.6 Å². The molecule has 0 aliphatic rings. The van der Waals surface area contributed by atoms with Gasteiger partial charge in [0.15, 0.2) is 6.61 Å². The second-order valence-electron chi connectivity index (χ2n) is 5.91. The van der Waals surface area contributed by atoms with Crippen LogP contribution in [0, 0.1) is 6.92 Å². The third-order valence-corrected chi connectivity index (χ3v) is 4.22. The number of hydrogen-bond acceptors (Lipinski definition) is 4. The van der Waals surface area contributed by atoms with Crippen LogP contribution in [-0.2, 0) is 20.9 Å². The van der Waals surface area contributed by atoms with Gasteiger partial charge < -0.3 is 10.1 Å². The lowest BCUT2D eigenvalue weighted by molar-refractivity contribution is -0.148. The average molecular weight is 450 g/mol. The number of carbonyl (C=O) groups excluding carboxylic acids is 2. The number of aromatic nitrogens is 2. The molecule has 0 saturated heterocycles. The van der Waals surface area contributed by atoms with Crippen molar-refractivity contribution in [2.24, 2.45) is 0 Å². The lowest BCUT2D eigenvalue weighted by atomic mass is 10.2. The van der Waals surface area contributed by atoms with Gasteiger partial charge in [0, 0.05) is 16.7 Å². The Hall–Kier alpha value is -2.52. The number of esters is 1. The van der Waals surface area contributed by atoms with Crippen LogP contribution in [0.3, 0.4) is 0 Å². The predicted molar refractivity (Wildman–Crippen MR) is 102 cm³/mol. The summed E-state index contributed by atoms with van der Waals surface area (Å²) in [7, 11) is 0. The van der Waals surface area contributed by atoms with E-state index in [2.05, 4.69) is 9.84 Å². The monoisotopic (exact) mass is 449 g/mol. The first-order chi connectivity index (χ1) is 13.5. The van der Waals surface area contributed by atoms with Gasteiger partial charge in [-0.2, -0.15) is 18.3 Å². The van der Waals surface area contributed by atoms with Crippen molar-refractivity contribution in [3.63, 3.8) is 0 Å². The Kier molecular flexibility index (Phi) is 7.69. The van der Waals surface area contributed by atoms with Crippen LogP contribution in [0.1, 0.15) is 16.8 Å². The number of rotatable bonds is 7. The quantitative estimate of drug-likeness (QED) is 0.515. The zero-order valence-electron chi connectivity index (χ0n) is 15.1. The lowest BCUT2D eigenvalue weighted by Crippen LogP contribution is -2.36. The molecule has 2 rings (SSSR count). The number of hydrogen-bond donors (Lipinski definition) is 1. The van der Waals surface area contributed by atoms with Gasteiger partial charge in [-0.3, -0.25) is 4.79 Å². The van der Waals surface area contributed by atoms with E-state index in [4.69, 9.17) is 23.2 Å². The van der Waals surface area contributed by atoms with E-state index in [0.717, 1.165) is 11.6 Å². The molecule has 0 aliphatic carbocycles. The molecule has 0 aliphatic heterocycles. The summed E-state index contributed by atoms with van der Waals surface area (Å²) >= 11 is 12.2. The maximum absolute atomic E-state index is 12.0. The molecule has 0 unspecified atom stereocenters. The summed E-state index contributed by atoms with van der Waals surface area (Å²) in [5.41, 5.74) is 1.94. The van der Waals surface area contributed by atoms with Crippen LogP contribution in [-0.4, -0.2) is 41.0 Å². The van der Waals surface area contributed by atoms with Gasteiger partial charge in [-0.15, -0.1) is 0 Å². The molecular weight excluding hydrogens is 434 g/mol. The molecule has 0 radical (unpaired) electrons. The number of carbonyl (C=O) groups is 2. The summed E-state index contributed by atoms with van der Waals surface area (Å²) in [5.74, 6) is -1.97. The number of alkyl halides is 3.